The molecule has 1 aliphatic heterocycles. The maximum absolute atomic E-state index is 11.9. The molecule has 0 radical (unpaired) electrons. The fraction of sp³-hybridized carbons (Fsp3) is 0.667. The van der Waals surface area contributed by atoms with Crippen LogP contribution in [-0.4, -0.2) is 57.3 Å². The van der Waals surface area contributed by atoms with Gasteiger partial charge in [-0.15, -0.1) is 5.10 Å². The number of carboxylic acids is 1. The van der Waals surface area contributed by atoms with Crippen molar-refractivity contribution < 1.29 is 14.3 Å². The summed E-state index contributed by atoms with van der Waals surface area (Å²) in [4.78, 5) is 12.7. The van der Waals surface area contributed by atoms with Crippen LogP contribution in [0, 0.1) is 0 Å². The largest absolute Gasteiger partial charge is 0.476 e. The third-order valence-electron chi connectivity index (χ3n) is 2.65. The van der Waals surface area contributed by atoms with Crippen LogP contribution >= 0.6 is 0 Å². The summed E-state index contributed by atoms with van der Waals surface area (Å²) in [5.41, 5.74) is -0.0396. The molecule has 16 heavy (non-hydrogen) atoms. The van der Waals surface area contributed by atoms with Crippen molar-refractivity contribution in [3.05, 3.63) is 11.9 Å². The Labute approximate surface area is 91.7 Å². The van der Waals surface area contributed by atoms with Crippen molar-refractivity contribution in [2.75, 3.05) is 26.3 Å². The van der Waals surface area contributed by atoms with Gasteiger partial charge >= 0.3 is 5.97 Å². The Bertz CT molecular complexity index is 375. The first-order chi connectivity index (χ1) is 7.70. The number of nitrogens with zero attached hydrogens (tertiary/aromatic N) is 4. The first-order valence-corrected chi connectivity index (χ1v) is 5.14. The quantitative estimate of drug-likeness (QED) is 0.779. The highest BCUT2D eigenvalue weighted by atomic mass is 19.1. The van der Waals surface area contributed by atoms with E-state index in [0.29, 0.717) is 6.42 Å². The smallest absolute Gasteiger partial charge is 0.358 e. The summed E-state index contributed by atoms with van der Waals surface area (Å²) >= 11 is 0. The maximum Gasteiger partial charge on any atom is 0.358 e. The van der Waals surface area contributed by atoms with Crippen molar-refractivity contribution in [1.29, 1.82) is 0 Å². The van der Waals surface area contributed by atoms with Gasteiger partial charge in [-0.1, -0.05) is 5.21 Å². The van der Waals surface area contributed by atoms with Crippen LogP contribution < -0.4 is 0 Å². The minimum absolute atomic E-state index is 0.0396. The highest BCUT2D eigenvalue weighted by molar-refractivity contribution is 5.84. The maximum atomic E-state index is 11.9. The zero-order valence-electron chi connectivity index (χ0n) is 8.71. The van der Waals surface area contributed by atoms with E-state index < -0.39 is 5.97 Å². The molecular weight excluding hydrogens is 215 g/mol. The number of carboxylic acid groups (broad SMARTS) is 1. The number of alkyl halides is 1. The van der Waals surface area contributed by atoms with Crippen molar-refractivity contribution in [3.63, 3.8) is 0 Å². The van der Waals surface area contributed by atoms with E-state index in [4.69, 9.17) is 5.11 Å². The Balaban J connectivity index is 1.84. The Morgan fingerprint density at radius 3 is 2.94 bits per heavy atom. The molecule has 0 atom stereocenters. The van der Waals surface area contributed by atoms with E-state index in [-0.39, 0.29) is 18.4 Å². The van der Waals surface area contributed by atoms with E-state index in [9.17, 15) is 9.18 Å². The number of hydrogen-bond donors (Lipinski definition) is 1. The third kappa shape index (κ3) is 2.19. The molecule has 2 heterocycles. The zero-order valence-corrected chi connectivity index (χ0v) is 8.71. The lowest BCUT2D eigenvalue weighted by Crippen LogP contribution is -2.48. The number of aromatic nitrogens is 3. The van der Waals surface area contributed by atoms with Crippen molar-refractivity contribution in [2.24, 2.45) is 0 Å². The van der Waals surface area contributed by atoms with Crippen LogP contribution in [0.2, 0.25) is 0 Å². The van der Waals surface area contributed by atoms with E-state index in [1.54, 1.807) is 4.68 Å². The van der Waals surface area contributed by atoms with E-state index in [2.05, 4.69) is 15.2 Å². The van der Waals surface area contributed by atoms with Gasteiger partial charge in [0, 0.05) is 19.6 Å². The summed E-state index contributed by atoms with van der Waals surface area (Å²) in [6.07, 6.45) is 1.98. The molecule has 1 N–H and O–H groups in total. The molecule has 0 aromatic carbocycles. The molecule has 1 saturated heterocycles. The molecule has 1 aromatic rings. The molecule has 1 aromatic heterocycles. The van der Waals surface area contributed by atoms with Crippen molar-refractivity contribution in [3.8, 4) is 0 Å². The van der Waals surface area contributed by atoms with Crippen LogP contribution in [0.15, 0.2) is 6.20 Å². The molecular formula is C9H13FN4O2. The number of carbonyl (C=O) groups is 1. The summed E-state index contributed by atoms with van der Waals surface area (Å²) < 4.78 is 13.5. The molecule has 1 aliphatic rings. The van der Waals surface area contributed by atoms with Gasteiger partial charge in [0.2, 0.25) is 0 Å². The van der Waals surface area contributed by atoms with Crippen LogP contribution in [0.4, 0.5) is 4.39 Å². The van der Waals surface area contributed by atoms with E-state index in [1.165, 1.54) is 6.20 Å². The third-order valence-corrected chi connectivity index (χ3v) is 2.65. The number of hydrogen-bond acceptors (Lipinski definition) is 4. The summed E-state index contributed by atoms with van der Waals surface area (Å²) in [7, 11) is 0. The second-order valence-corrected chi connectivity index (χ2v) is 3.84. The SMILES string of the molecule is O=C(O)c1cn(C2CN(CCCF)C2)nn1. The topological polar surface area (TPSA) is 71.2 Å². The molecule has 6 nitrogen and oxygen atoms in total. The second-order valence-electron chi connectivity index (χ2n) is 3.84. The first-order valence-electron chi connectivity index (χ1n) is 5.14. The standard InChI is InChI=1S/C9H13FN4O2/c10-2-1-3-13-4-7(5-13)14-6-8(9(15)16)11-12-14/h6-7H,1-5H2,(H,15,16). The van der Waals surface area contributed by atoms with Crippen LogP contribution in [-0.2, 0) is 0 Å². The highest BCUT2D eigenvalue weighted by Crippen LogP contribution is 2.20. The van der Waals surface area contributed by atoms with E-state index in [1.807, 2.05) is 0 Å². The predicted octanol–water partition coefficient (Wildman–Crippen LogP) is 0.193. The van der Waals surface area contributed by atoms with Crippen molar-refractivity contribution >= 4 is 5.97 Å². The minimum atomic E-state index is -1.07. The van der Waals surface area contributed by atoms with E-state index in [0.717, 1.165) is 19.6 Å². The molecule has 1 fully saturated rings. The monoisotopic (exact) mass is 228 g/mol. The molecule has 0 unspecified atom stereocenters. The molecule has 7 heteroatoms. The Kier molecular flexibility index (Phi) is 3.14. The Morgan fingerprint density at radius 1 is 1.62 bits per heavy atom. The molecule has 2 rings (SSSR count). The lowest BCUT2D eigenvalue weighted by Gasteiger charge is -2.38. The van der Waals surface area contributed by atoms with Crippen molar-refractivity contribution in [1.82, 2.24) is 19.9 Å². The molecule has 0 aliphatic carbocycles. The number of halogens is 1. The van der Waals surface area contributed by atoms with Crippen LogP contribution in [0.5, 0.6) is 0 Å². The summed E-state index contributed by atoms with van der Waals surface area (Å²) in [6, 6.07) is 0.167. The summed E-state index contributed by atoms with van der Waals surface area (Å²) in [6.45, 7) is 2.01. The molecule has 88 valence electrons. The van der Waals surface area contributed by atoms with E-state index >= 15 is 0 Å². The van der Waals surface area contributed by atoms with Gasteiger partial charge in [0.15, 0.2) is 5.69 Å². The number of aromatic carboxylic acids is 1. The van der Waals surface area contributed by atoms with Gasteiger partial charge in [0.25, 0.3) is 0 Å². The van der Waals surface area contributed by atoms with Crippen molar-refractivity contribution in [2.45, 2.75) is 12.5 Å². The highest BCUT2D eigenvalue weighted by Gasteiger charge is 2.29. The predicted molar refractivity (Wildman–Crippen MR) is 53.1 cm³/mol. The summed E-state index contributed by atoms with van der Waals surface area (Å²) in [5, 5.41) is 16.0. The zero-order chi connectivity index (χ0) is 11.5. The normalized spacial score (nSPS) is 17.3. The van der Waals surface area contributed by atoms with Gasteiger partial charge in [-0.2, -0.15) is 0 Å². The molecule has 0 bridgehead atoms. The lowest BCUT2D eigenvalue weighted by atomic mass is 10.1. The van der Waals surface area contributed by atoms with Crippen LogP contribution in [0.1, 0.15) is 23.0 Å². The van der Waals surface area contributed by atoms with Gasteiger partial charge in [-0.25, -0.2) is 9.48 Å². The molecule has 0 spiro atoms. The van der Waals surface area contributed by atoms with Crippen LogP contribution in [0.25, 0.3) is 0 Å². The van der Waals surface area contributed by atoms with Gasteiger partial charge in [-0.05, 0) is 6.42 Å². The first kappa shape index (κ1) is 11.0. The fourth-order valence-electron chi connectivity index (χ4n) is 1.73. The number of rotatable bonds is 5. The Morgan fingerprint density at radius 2 is 2.38 bits per heavy atom. The average Bonchev–Trinajstić information content (AvgIpc) is 2.64. The van der Waals surface area contributed by atoms with Gasteiger partial charge < -0.3 is 5.11 Å². The Hall–Kier alpha value is -1.50. The number of likely N-dealkylation sites (tertiary alicyclic amines) is 1. The second kappa shape index (κ2) is 4.56. The minimum Gasteiger partial charge on any atom is -0.476 e. The lowest BCUT2D eigenvalue weighted by molar-refractivity contribution is 0.0690. The fourth-order valence-corrected chi connectivity index (χ4v) is 1.73. The summed E-state index contributed by atoms with van der Waals surface area (Å²) in [5.74, 6) is -1.07. The van der Waals surface area contributed by atoms with Gasteiger partial charge in [0.1, 0.15) is 0 Å². The van der Waals surface area contributed by atoms with Gasteiger partial charge in [0.05, 0.1) is 18.9 Å². The average molecular weight is 228 g/mol. The van der Waals surface area contributed by atoms with Gasteiger partial charge in [-0.3, -0.25) is 9.29 Å². The molecule has 0 amide bonds. The van der Waals surface area contributed by atoms with Crippen LogP contribution in [0.3, 0.4) is 0 Å². The molecule has 0 saturated carbocycles.